The van der Waals surface area contributed by atoms with Crippen molar-refractivity contribution in [2.75, 3.05) is 13.2 Å². The minimum atomic E-state index is -1.47. The fourth-order valence-electron chi connectivity index (χ4n) is 4.49. The van der Waals surface area contributed by atoms with Crippen molar-refractivity contribution in [2.45, 2.75) is 98.4 Å². The Hall–Kier alpha value is -0.640. The summed E-state index contributed by atoms with van der Waals surface area (Å²) >= 11 is 0. The van der Waals surface area contributed by atoms with E-state index in [1.165, 1.54) is 5.64 Å². The minimum Gasteiger partial charge on any atom is -0.394 e. The minimum absolute atomic E-state index is 0.0898. The second kappa shape index (κ2) is 12.1. The standard InChI is InChI=1S/C18H37N5O11/c19-5-1-6(20)16(34-18-13(27)11(22)12(26)9(3-24)31-18)14(28)15(5)33-17-7(21)2-8(25)10(32-17)4-30-23-29/h5-18,23-29H,1-4,19-22H2/t5-,6+,7+,8-,9+,10+,11-,12+,13+,14-,15?,16-,17+,18+/m0/s1. The highest BCUT2D eigenvalue weighted by Crippen LogP contribution is 2.30. The van der Waals surface area contributed by atoms with E-state index in [1.807, 2.05) is 0 Å². The van der Waals surface area contributed by atoms with Crippen LogP contribution in [0.3, 0.4) is 0 Å². The number of rotatable bonds is 8. The van der Waals surface area contributed by atoms with Crippen molar-refractivity contribution in [3.05, 3.63) is 0 Å². The third kappa shape index (κ3) is 6.01. The number of hydrogen-bond donors (Lipinski definition) is 11. The van der Waals surface area contributed by atoms with E-state index in [-0.39, 0.29) is 19.4 Å². The van der Waals surface area contributed by atoms with Gasteiger partial charge in [-0.2, -0.15) is 0 Å². The van der Waals surface area contributed by atoms with E-state index in [1.54, 1.807) is 0 Å². The summed E-state index contributed by atoms with van der Waals surface area (Å²) in [6.07, 6.45) is -11.6. The van der Waals surface area contributed by atoms with Crippen LogP contribution in [0.2, 0.25) is 0 Å². The SMILES string of the molecule is N[C@@H]1[C@@H](O)[C@@H](O[C@H]2[C@H](N)C[C@H](N)C(O[C@H]3O[C@H](CONO)[C@@H](O)C[C@H]3N)[C@@H]2O)O[C@H](CO)[C@H]1O. The first kappa shape index (κ1) is 27.9. The zero-order valence-corrected chi connectivity index (χ0v) is 18.4. The number of hydrogen-bond acceptors (Lipinski definition) is 16. The maximum Gasteiger partial charge on any atom is 0.186 e. The van der Waals surface area contributed by atoms with Crippen LogP contribution in [-0.4, -0.2) is 130 Å². The van der Waals surface area contributed by atoms with Gasteiger partial charge in [0.15, 0.2) is 12.6 Å². The molecule has 34 heavy (non-hydrogen) atoms. The van der Waals surface area contributed by atoms with Gasteiger partial charge in [-0.25, -0.2) is 0 Å². The molecule has 15 N–H and O–H groups in total. The van der Waals surface area contributed by atoms with Crippen LogP contribution in [0.5, 0.6) is 0 Å². The van der Waals surface area contributed by atoms with Gasteiger partial charge < -0.3 is 67.4 Å². The van der Waals surface area contributed by atoms with Gasteiger partial charge in [-0.15, -0.1) is 0 Å². The highest BCUT2D eigenvalue weighted by molar-refractivity contribution is 5.01. The molecule has 3 rings (SSSR count). The van der Waals surface area contributed by atoms with E-state index in [0.717, 1.165) is 0 Å². The maximum absolute atomic E-state index is 11.0. The lowest BCUT2D eigenvalue weighted by Crippen LogP contribution is -2.68. The predicted octanol–water partition coefficient (Wildman–Crippen LogP) is -6.34. The van der Waals surface area contributed by atoms with Gasteiger partial charge in [0.1, 0.15) is 42.7 Å². The van der Waals surface area contributed by atoms with E-state index in [9.17, 15) is 25.5 Å². The lowest BCUT2D eigenvalue weighted by atomic mass is 9.84. The highest BCUT2D eigenvalue weighted by Gasteiger charge is 2.50. The van der Waals surface area contributed by atoms with Crippen molar-refractivity contribution >= 4 is 0 Å². The molecule has 0 radical (unpaired) electrons. The van der Waals surface area contributed by atoms with Crippen LogP contribution in [0.15, 0.2) is 0 Å². The summed E-state index contributed by atoms with van der Waals surface area (Å²) in [6.45, 7) is -0.786. The molecule has 16 nitrogen and oxygen atoms in total. The monoisotopic (exact) mass is 499 g/mol. The fourth-order valence-corrected chi connectivity index (χ4v) is 4.49. The van der Waals surface area contributed by atoms with Crippen LogP contribution in [-0.2, 0) is 23.8 Å². The summed E-state index contributed by atoms with van der Waals surface area (Å²) in [5.41, 5.74) is 25.7. The molecule has 200 valence electrons. The summed E-state index contributed by atoms with van der Waals surface area (Å²) < 4.78 is 22.7. The van der Waals surface area contributed by atoms with Gasteiger partial charge in [-0.05, 0) is 12.8 Å². The third-order valence-corrected chi connectivity index (χ3v) is 6.49. The van der Waals surface area contributed by atoms with E-state index in [2.05, 4.69) is 4.84 Å². The maximum atomic E-state index is 11.0. The van der Waals surface area contributed by atoms with E-state index in [0.29, 0.717) is 0 Å². The zero-order valence-electron chi connectivity index (χ0n) is 18.4. The van der Waals surface area contributed by atoms with Crippen LogP contribution in [0, 0.1) is 0 Å². The molecule has 1 saturated carbocycles. The van der Waals surface area contributed by atoms with Gasteiger partial charge in [0, 0.05) is 12.1 Å². The molecule has 1 aliphatic carbocycles. The average molecular weight is 500 g/mol. The summed E-state index contributed by atoms with van der Waals surface area (Å²) in [4.78, 5) is 4.65. The molecule has 2 saturated heterocycles. The first-order chi connectivity index (χ1) is 16.1. The largest absolute Gasteiger partial charge is 0.394 e. The smallest absolute Gasteiger partial charge is 0.186 e. The Morgan fingerprint density at radius 3 is 1.94 bits per heavy atom. The molecule has 2 heterocycles. The van der Waals surface area contributed by atoms with Crippen molar-refractivity contribution in [2.24, 2.45) is 22.9 Å². The molecule has 0 aromatic heterocycles. The van der Waals surface area contributed by atoms with Crippen molar-refractivity contribution in [3.63, 3.8) is 0 Å². The molecular formula is C18H37N5O11. The first-order valence-corrected chi connectivity index (χ1v) is 11.1. The summed E-state index contributed by atoms with van der Waals surface area (Å²) in [7, 11) is 0. The Labute approximate surface area is 195 Å². The van der Waals surface area contributed by atoms with Gasteiger partial charge in [0.05, 0.1) is 31.4 Å². The molecule has 0 bridgehead atoms. The van der Waals surface area contributed by atoms with Gasteiger partial charge in [0.2, 0.25) is 0 Å². The predicted molar refractivity (Wildman–Crippen MR) is 110 cm³/mol. The zero-order chi connectivity index (χ0) is 25.2. The van der Waals surface area contributed by atoms with Gasteiger partial charge >= 0.3 is 0 Å². The molecule has 0 spiro atoms. The Kier molecular flexibility index (Phi) is 9.91. The van der Waals surface area contributed by atoms with E-state index >= 15 is 0 Å². The second-order valence-corrected chi connectivity index (χ2v) is 8.95. The average Bonchev–Trinajstić information content (AvgIpc) is 2.79. The Bertz CT molecular complexity index is 639. The lowest BCUT2D eigenvalue weighted by Gasteiger charge is -2.47. The van der Waals surface area contributed by atoms with Crippen molar-refractivity contribution in [3.8, 4) is 0 Å². The molecule has 14 atom stereocenters. The highest BCUT2D eigenvalue weighted by atomic mass is 16.8. The van der Waals surface area contributed by atoms with Crippen LogP contribution < -0.4 is 28.6 Å². The summed E-state index contributed by atoms with van der Waals surface area (Å²) in [5.74, 6) is 0. The number of nitrogens with two attached hydrogens (primary N) is 4. The Morgan fingerprint density at radius 2 is 1.35 bits per heavy atom. The molecule has 3 fully saturated rings. The number of ether oxygens (including phenoxy) is 4. The Morgan fingerprint density at radius 1 is 0.765 bits per heavy atom. The lowest BCUT2D eigenvalue weighted by molar-refractivity contribution is -0.317. The van der Waals surface area contributed by atoms with E-state index in [4.69, 9.17) is 47.1 Å². The molecule has 1 unspecified atom stereocenters. The molecule has 3 aliphatic rings. The first-order valence-electron chi connectivity index (χ1n) is 11.1. The normalized spacial score (nSPS) is 50.3. The van der Waals surface area contributed by atoms with Crippen LogP contribution >= 0.6 is 0 Å². The quantitative estimate of drug-likeness (QED) is 0.138. The molecular weight excluding hydrogens is 462 g/mol. The number of aliphatic hydroxyl groups is 5. The van der Waals surface area contributed by atoms with Gasteiger partial charge in [-0.3, -0.25) is 10.0 Å². The summed E-state index contributed by atoms with van der Waals surface area (Å²) in [6, 6.07) is -3.46. The summed E-state index contributed by atoms with van der Waals surface area (Å²) in [5, 5.41) is 59.5. The topological polar surface area (TPSA) is 284 Å². The van der Waals surface area contributed by atoms with Crippen molar-refractivity contribution < 1.29 is 54.5 Å². The molecule has 16 heteroatoms. The van der Waals surface area contributed by atoms with Crippen LogP contribution in [0.4, 0.5) is 0 Å². The second-order valence-electron chi connectivity index (χ2n) is 8.95. The van der Waals surface area contributed by atoms with Crippen molar-refractivity contribution in [1.29, 1.82) is 0 Å². The van der Waals surface area contributed by atoms with Gasteiger partial charge in [-0.1, -0.05) is 5.64 Å². The van der Waals surface area contributed by atoms with Gasteiger partial charge in [0.25, 0.3) is 0 Å². The molecule has 2 aliphatic heterocycles. The Balaban J connectivity index is 1.68. The number of aliphatic hydroxyl groups excluding tert-OH is 5. The number of nitrogens with one attached hydrogen (secondary N) is 1. The van der Waals surface area contributed by atoms with Crippen LogP contribution in [0.1, 0.15) is 12.8 Å². The third-order valence-electron chi connectivity index (χ3n) is 6.49. The fraction of sp³-hybridized carbons (Fsp3) is 1.00. The molecule has 0 aromatic rings. The van der Waals surface area contributed by atoms with Crippen LogP contribution in [0.25, 0.3) is 0 Å². The molecule has 0 amide bonds. The van der Waals surface area contributed by atoms with Crippen molar-refractivity contribution in [1.82, 2.24) is 5.64 Å². The molecule has 0 aromatic carbocycles. The van der Waals surface area contributed by atoms with E-state index < -0.39 is 92.2 Å².